The summed E-state index contributed by atoms with van der Waals surface area (Å²) in [6.07, 6.45) is 1.98. The number of carbonyl (C=O) groups excluding carboxylic acids is 1. The normalized spacial score (nSPS) is 31.0. The molecule has 2 unspecified atom stereocenters. The van der Waals surface area contributed by atoms with Crippen molar-refractivity contribution < 1.29 is 19.0 Å². The van der Waals surface area contributed by atoms with Crippen molar-refractivity contribution in [1.29, 1.82) is 0 Å². The average molecular weight is 425 g/mol. The fourth-order valence-corrected chi connectivity index (χ4v) is 5.86. The molecule has 3 heterocycles. The molecule has 164 valence electrons. The van der Waals surface area contributed by atoms with Gasteiger partial charge in [0.1, 0.15) is 11.4 Å². The van der Waals surface area contributed by atoms with E-state index in [9.17, 15) is 14.3 Å². The van der Waals surface area contributed by atoms with E-state index < -0.39 is 11.0 Å². The minimum absolute atomic E-state index is 0.0402. The maximum Gasteiger partial charge on any atom is 0.227 e. The zero-order valence-electron chi connectivity index (χ0n) is 17.6. The average Bonchev–Trinajstić information content (AvgIpc) is 3.11. The van der Waals surface area contributed by atoms with Crippen molar-refractivity contribution in [1.82, 2.24) is 10.2 Å². The van der Waals surface area contributed by atoms with Crippen LogP contribution in [0, 0.1) is 11.2 Å². The van der Waals surface area contributed by atoms with Crippen LogP contribution in [0.1, 0.15) is 36.3 Å². The first-order chi connectivity index (χ1) is 15.0. The molecule has 0 radical (unpaired) electrons. The number of carbonyl (C=O) groups is 1. The number of hydrogen-bond acceptors (Lipinski definition) is 4. The van der Waals surface area contributed by atoms with Gasteiger partial charge in [0, 0.05) is 25.5 Å². The van der Waals surface area contributed by atoms with Gasteiger partial charge in [0.2, 0.25) is 5.91 Å². The number of hydrogen-bond donors (Lipinski definition) is 2. The third kappa shape index (κ3) is 3.47. The highest BCUT2D eigenvalue weighted by atomic mass is 19.1. The van der Waals surface area contributed by atoms with Crippen molar-refractivity contribution in [3.05, 3.63) is 71.5 Å². The number of aliphatic hydroxyl groups is 1. The monoisotopic (exact) mass is 424 g/mol. The predicted molar refractivity (Wildman–Crippen MR) is 115 cm³/mol. The highest BCUT2D eigenvalue weighted by Crippen LogP contribution is 2.49. The summed E-state index contributed by atoms with van der Waals surface area (Å²) in [6.45, 7) is 3.04. The van der Waals surface area contributed by atoms with E-state index in [2.05, 4.69) is 10.2 Å². The molecule has 2 aromatic carbocycles. The molecule has 0 saturated carbocycles. The van der Waals surface area contributed by atoms with E-state index >= 15 is 0 Å². The Hall–Kier alpha value is -2.28. The third-order valence-corrected chi connectivity index (χ3v) is 7.72. The van der Waals surface area contributed by atoms with Gasteiger partial charge >= 0.3 is 0 Å². The van der Waals surface area contributed by atoms with Gasteiger partial charge in [-0.1, -0.05) is 42.5 Å². The lowest BCUT2D eigenvalue weighted by Gasteiger charge is -2.50. The van der Waals surface area contributed by atoms with Crippen LogP contribution in [0.3, 0.4) is 0 Å². The molecule has 0 aromatic heterocycles. The first kappa shape index (κ1) is 20.6. The third-order valence-electron chi connectivity index (χ3n) is 7.72. The summed E-state index contributed by atoms with van der Waals surface area (Å²) in [6, 6.07) is 16.3. The second-order valence-electron chi connectivity index (χ2n) is 9.14. The zero-order valence-corrected chi connectivity index (χ0v) is 17.6. The minimum atomic E-state index is -0.960. The number of rotatable bonds is 3. The van der Waals surface area contributed by atoms with Gasteiger partial charge in [0.25, 0.3) is 0 Å². The summed E-state index contributed by atoms with van der Waals surface area (Å²) in [5, 5.41) is 14.7. The number of likely N-dealkylation sites (tertiary alicyclic amines) is 1. The molecule has 2 N–H and O–H groups in total. The van der Waals surface area contributed by atoms with Crippen LogP contribution in [0.15, 0.2) is 54.6 Å². The van der Waals surface area contributed by atoms with Crippen molar-refractivity contribution in [2.75, 3.05) is 32.8 Å². The van der Waals surface area contributed by atoms with Gasteiger partial charge in [-0.05, 0) is 49.2 Å². The van der Waals surface area contributed by atoms with Crippen LogP contribution < -0.4 is 5.32 Å². The van der Waals surface area contributed by atoms with E-state index in [1.54, 1.807) is 12.1 Å². The van der Waals surface area contributed by atoms with Crippen LogP contribution in [0.4, 0.5) is 4.39 Å². The molecule has 5 rings (SSSR count). The largest absolute Gasteiger partial charge is 0.383 e. The maximum atomic E-state index is 13.4. The number of ether oxygens (including phenoxy) is 1. The van der Waals surface area contributed by atoms with E-state index in [4.69, 9.17) is 4.74 Å². The highest BCUT2D eigenvalue weighted by molar-refractivity contribution is 5.86. The van der Waals surface area contributed by atoms with E-state index in [-0.39, 0.29) is 23.7 Å². The summed E-state index contributed by atoms with van der Waals surface area (Å²) in [5.74, 6) is -0.125. The fourth-order valence-electron chi connectivity index (χ4n) is 5.86. The lowest BCUT2D eigenvalue weighted by atomic mass is 9.67. The van der Waals surface area contributed by atoms with Crippen LogP contribution >= 0.6 is 0 Å². The summed E-state index contributed by atoms with van der Waals surface area (Å²) in [7, 11) is 0. The van der Waals surface area contributed by atoms with E-state index in [0.29, 0.717) is 52.1 Å². The van der Waals surface area contributed by atoms with Crippen LogP contribution in [0.25, 0.3) is 0 Å². The van der Waals surface area contributed by atoms with Gasteiger partial charge in [0.15, 0.2) is 0 Å². The SMILES string of the molecule is O=C1NC[C@H](c2ccc(F)cc2)C12CCN(C1COCCC1(O)c1ccccc1)CC2. The van der Waals surface area contributed by atoms with Crippen LogP contribution in [-0.4, -0.2) is 54.8 Å². The quantitative estimate of drug-likeness (QED) is 0.796. The number of amides is 1. The molecule has 0 bridgehead atoms. The number of nitrogens with zero attached hydrogens (tertiary/aromatic N) is 1. The van der Waals surface area contributed by atoms with E-state index in [1.165, 1.54) is 12.1 Å². The Morgan fingerprint density at radius 3 is 2.45 bits per heavy atom. The standard InChI is InChI=1S/C25H29FN2O3/c26-20-8-6-18(7-9-20)21-16-27-23(29)24(21)10-13-28(14-11-24)22-17-31-15-12-25(22,30)19-4-2-1-3-5-19/h1-9,21-22,30H,10-17H2,(H,27,29)/t21-,22?,25?/m1/s1. The van der Waals surface area contributed by atoms with Crippen molar-refractivity contribution in [2.24, 2.45) is 5.41 Å². The first-order valence-corrected chi connectivity index (χ1v) is 11.2. The molecule has 0 aliphatic carbocycles. The minimum Gasteiger partial charge on any atom is -0.383 e. The number of halogens is 1. The Morgan fingerprint density at radius 2 is 1.74 bits per heavy atom. The lowest BCUT2D eigenvalue weighted by molar-refractivity contribution is -0.148. The van der Waals surface area contributed by atoms with Gasteiger partial charge in [-0.15, -0.1) is 0 Å². The topological polar surface area (TPSA) is 61.8 Å². The van der Waals surface area contributed by atoms with E-state index in [0.717, 1.165) is 11.1 Å². The molecule has 5 nitrogen and oxygen atoms in total. The Kier molecular flexibility index (Phi) is 5.32. The Morgan fingerprint density at radius 1 is 1.03 bits per heavy atom. The summed E-state index contributed by atoms with van der Waals surface area (Å²) in [5.41, 5.74) is 0.494. The molecule has 3 atom stereocenters. The van der Waals surface area contributed by atoms with E-state index in [1.807, 2.05) is 30.3 Å². The van der Waals surface area contributed by atoms with Crippen molar-refractivity contribution in [3.8, 4) is 0 Å². The van der Waals surface area contributed by atoms with Gasteiger partial charge in [-0.3, -0.25) is 9.69 Å². The van der Waals surface area contributed by atoms with Crippen LogP contribution in [0.5, 0.6) is 0 Å². The fraction of sp³-hybridized carbons (Fsp3) is 0.480. The summed E-state index contributed by atoms with van der Waals surface area (Å²) < 4.78 is 19.2. The van der Waals surface area contributed by atoms with Crippen LogP contribution in [0.2, 0.25) is 0 Å². The zero-order chi connectivity index (χ0) is 21.5. The maximum absolute atomic E-state index is 13.4. The highest BCUT2D eigenvalue weighted by Gasteiger charge is 2.54. The molecule has 6 heteroatoms. The molecule has 31 heavy (non-hydrogen) atoms. The second-order valence-corrected chi connectivity index (χ2v) is 9.14. The molecule has 1 spiro atoms. The Bertz CT molecular complexity index is 928. The summed E-state index contributed by atoms with van der Waals surface area (Å²) >= 11 is 0. The van der Waals surface area contributed by atoms with Crippen molar-refractivity contribution in [2.45, 2.75) is 36.8 Å². The second kappa shape index (κ2) is 8.01. The Labute approximate surface area is 182 Å². The van der Waals surface area contributed by atoms with Crippen molar-refractivity contribution >= 4 is 5.91 Å². The van der Waals surface area contributed by atoms with Gasteiger partial charge < -0.3 is 15.2 Å². The first-order valence-electron chi connectivity index (χ1n) is 11.2. The molecule has 3 saturated heterocycles. The number of piperidine rings is 1. The smallest absolute Gasteiger partial charge is 0.227 e. The lowest BCUT2D eigenvalue weighted by Crippen LogP contribution is -2.59. The Balaban J connectivity index is 1.37. The van der Waals surface area contributed by atoms with Crippen LogP contribution in [-0.2, 0) is 15.1 Å². The number of benzene rings is 2. The van der Waals surface area contributed by atoms with Gasteiger partial charge in [0.05, 0.1) is 18.1 Å². The number of nitrogens with one attached hydrogen (secondary N) is 1. The van der Waals surface area contributed by atoms with Gasteiger partial charge in [-0.25, -0.2) is 4.39 Å². The predicted octanol–water partition coefficient (Wildman–Crippen LogP) is 2.80. The molecule has 3 fully saturated rings. The molecule has 1 amide bonds. The summed E-state index contributed by atoms with van der Waals surface area (Å²) in [4.78, 5) is 15.3. The molecular formula is C25H29FN2O3. The molecule has 2 aromatic rings. The molecule has 3 aliphatic heterocycles. The molecular weight excluding hydrogens is 395 g/mol. The van der Waals surface area contributed by atoms with Crippen molar-refractivity contribution in [3.63, 3.8) is 0 Å². The van der Waals surface area contributed by atoms with Gasteiger partial charge in [-0.2, -0.15) is 0 Å². The molecule has 3 aliphatic rings.